The van der Waals surface area contributed by atoms with Crippen LogP contribution in [0.15, 0.2) is 16.5 Å². The fraction of sp³-hybridized carbons (Fsp3) is 0.560. The molecular weight excluding hydrogens is 472 g/mol. The predicted molar refractivity (Wildman–Crippen MR) is 124 cm³/mol. The fourth-order valence-corrected chi connectivity index (χ4v) is 5.82. The van der Waals surface area contributed by atoms with Gasteiger partial charge in [0.25, 0.3) is 12.3 Å². The van der Waals surface area contributed by atoms with Crippen molar-refractivity contribution in [3.8, 4) is 0 Å². The molecule has 3 amide bonds. The Kier molecular flexibility index (Phi) is 6.48. The van der Waals surface area contributed by atoms with Crippen LogP contribution in [0.1, 0.15) is 97.2 Å². The van der Waals surface area contributed by atoms with Crippen LogP contribution in [0.2, 0.25) is 0 Å². The Morgan fingerprint density at radius 3 is 2.72 bits per heavy atom. The molecule has 0 saturated heterocycles. The third-order valence-electron chi connectivity index (χ3n) is 7.85. The third kappa shape index (κ3) is 4.35. The van der Waals surface area contributed by atoms with Crippen molar-refractivity contribution in [2.45, 2.75) is 83.3 Å². The van der Waals surface area contributed by atoms with Crippen molar-refractivity contribution in [2.24, 2.45) is 5.41 Å². The van der Waals surface area contributed by atoms with Gasteiger partial charge in [-0.05, 0) is 60.8 Å². The molecule has 1 aromatic carbocycles. The minimum atomic E-state index is -2.80. The van der Waals surface area contributed by atoms with E-state index in [1.807, 2.05) is 6.92 Å². The maximum Gasteiger partial charge on any atom is 0.315 e. The normalized spacial score (nSPS) is 19.1. The number of fused-ring (bicyclic) bond motifs is 1. The lowest BCUT2D eigenvalue weighted by Gasteiger charge is -2.53. The molecule has 11 heteroatoms. The number of alkyl halides is 2. The highest BCUT2D eigenvalue weighted by Gasteiger charge is 2.50. The fourth-order valence-electron chi connectivity index (χ4n) is 5.82. The van der Waals surface area contributed by atoms with E-state index in [-0.39, 0.29) is 48.1 Å². The van der Waals surface area contributed by atoms with E-state index in [2.05, 4.69) is 20.8 Å². The summed E-state index contributed by atoms with van der Waals surface area (Å²) in [5.74, 6) is -0.271. The van der Waals surface area contributed by atoms with Gasteiger partial charge >= 0.3 is 6.01 Å². The van der Waals surface area contributed by atoms with Gasteiger partial charge in [-0.2, -0.15) is 0 Å². The molecule has 2 aliphatic carbocycles. The van der Waals surface area contributed by atoms with E-state index in [1.165, 1.54) is 30.2 Å². The molecule has 5 rings (SSSR count). The number of rotatable bonds is 10. The summed E-state index contributed by atoms with van der Waals surface area (Å²) in [6.07, 6.45) is 4.30. The zero-order valence-electron chi connectivity index (χ0n) is 20.1. The van der Waals surface area contributed by atoms with Gasteiger partial charge in [0.05, 0.1) is 0 Å². The summed E-state index contributed by atoms with van der Waals surface area (Å²) < 4.78 is 33.7. The van der Waals surface area contributed by atoms with Crippen molar-refractivity contribution in [3.05, 3.63) is 40.3 Å². The monoisotopic (exact) mass is 501 g/mol. The van der Waals surface area contributed by atoms with E-state index in [9.17, 15) is 23.2 Å². The Hall–Kier alpha value is -3.37. The molecule has 192 valence electrons. The highest BCUT2D eigenvalue weighted by molar-refractivity contribution is 6.02. The standard InChI is InChI=1S/C25H29F2N5O4/c1-2-4-19(21(34)29-13-33)32-12-18-16(20(26)27)7-14(8-17(18)23(32)35)11-28-24-31-30-22(36-24)15-9-25(10-15)5-3-6-25/h7-8,13,15,19-20H,2-6,9-12H2,1H3,(H,28,31)(H,29,33,34). The molecule has 2 N–H and O–H groups in total. The van der Waals surface area contributed by atoms with Gasteiger partial charge in [-0.25, -0.2) is 8.78 Å². The second-order valence-electron chi connectivity index (χ2n) is 10.1. The quantitative estimate of drug-likeness (QED) is 0.472. The maximum absolute atomic E-state index is 14.0. The Balaban J connectivity index is 1.30. The number of carbonyl (C=O) groups excluding carboxylic acids is 3. The van der Waals surface area contributed by atoms with Crippen LogP contribution in [-0.4, -0.2) is 39.4 Å². The van der Waals surface area contributed by atoms with Gasteiger partial charge in [-0.1, -0.05) is 24.9 Å². The highest BCUT2D eigenvalue weighted by atomic mass is 19.3. The van der Waals surface area contributed by atoms with E-state index in [0.29, 0.717) is 29.7 Å². The SMILES string of the molecule is CCCC(C(=O)NC=O)N1Cc2c(cc(CNc3nnc(C4CC5(CCC5)C4)o3)cc2C(F)F)C1=O. The Labute approximate surface area is 207 Å². The van der Waals surface area contributed by atoms with E-state index in [4.69, 9.17) is 4.42 Å². The topological polar surface area (TPSA) is 117 Å². The molecule has 1 spiro atoms. The molecule has 2 heterocycles. The summed E-state index contributed by atoms with van der Waals surface area (Å²) in [6, 6.07) is 2.20. The molecule has 3 aliphatic rings. The Bertz CT molecular complexity index is 1170. The number of benzene rings is 1. The number of nitrogens with zero attached hydrogens (tertiary/aromatic N) is 3. The summed E-state index contributed by atoms with van der Waals surface area (Å²) in [4.78, 5) is 37.6. The third-order valence-corrected chi connectivity index (χ3v) is 7.85. The van der Waals surface area contributed by atoms with E-state index < -0.39 is 24.3 Å². The van der Waals surface area contributed by atoms with E-state index in [1.54, 1.807) is 6.07 Å². The van der Waals surface area contributed by atoms with Crippen LogP contribution in [0.3, 0.4) is 0 Å². The molecule has 2 aromatic rings. The second kappa shape index (κ2) is 9.59. The van der Waals surface area contributed by atoms with Crippen molar-refractivity contribution in [3.63, 3.8) is 0 Å². The highest BCUT2D eigenvalue weighted by Crippen LogP contribution is 2.61. The first-order valence-electron chi connectivity index (χ1n) is 12.4. The van der Waals surface area contributed by atoms with Crippen LogP contribution in [0.5, 0.6) is 0 Å². The van der Waals surface area contributed by atoms with Gasteiger partial charge in [0.2, 0.25) is 18.2 Å². The number of nitrogens with one attached hydrogen (secondary N) is 2. The van der Waals surface area contributed by atoms with Crippen LogP contribution in [0, 0.1) is 5.41 Å². The summed E-state index contributed by atoms with van der Waals surface area (Å²) >= 11 is 0. The number of amides is 3. The van der Waals surface area contributed by atoms with Crippen molar-refractivity contribution in [1.29, 1.82) is 0 Å². The molecule has 0 radical (unpaired) electrons. The van der Waals surface area contributed by atoms with Crippen LogP contribution in [-0.2, 0) is 22.7 Å². The number of aromatic nitrogens is 2. The van der Waals surface area contributed by atoms with Crippen LogP contribution >= 0.6 is 0 Å². The van der Waals surface area contributed by atoms with Crippen LogP contribution in [0.4, 0.5) is 14.8 Å². The van der Waals surface area contributed by atoms with Crippen molar-refractivity contribution in [2.75, 3.05) is 5.32 Å². The van der Waals surface area contributed by atoms with Crippen LogP contribution < -0.4 is 10.6 Å². The first kappa shape index (κ1) is 24.3. The number of anilines is 1. The first-order chi connectivity index (χ1) is 17.3. The van der Waals surface area contributed by atoms with Gasteiger partial charge in [-0.3, -0.25) is 19.7 Å². The lowest BCUT2D eigenvalue weighted by molar-refractivity contribution is -0.129. The van der Waals surface area contributed by atoms with Crippen molar-refractivity contribution in [1.82, 2.24) is 20.4 Å². The van der Waals surface area contributed by atoms with Crippen LogP contribution in [0.25, 0.3) is 0 Å². The predicted octanol–water partition coefficient (Wildman–Crippen LogP) is 4.06. The summed E-state index contributed by atoms with van der Waals surface area (Å²) in [5, 5.41) is 13.2. The molecule has 9 nitrogen and oxygen atoms in total. The zero-order chi connectivity index (χ0) is 25.4. The summed E-state index contributed by atoms with van der Waals surface area (Å²) in [6.45, 7) is 1.83. The van der Waals surface area contributed by atoms with Gasteiger partial charge in [0.15, 0.2) is 0 Å². The minimum absolute atomic E-state index is 0.112. The van der Waals surface area contributed by atoms with Crippen molar-refractivity contribution >= 4 is 24.2 Å². The maximum atomic E-state index is 14.0. The minimum Gasteiger partial charge on any atom is -0.408 e. The van der Waals surface area contributed by atoms with Gasteiger partial charge < -0.3 is 14.6 Å². The molecule has 1 unspecified atom stereocenters. The molecular formula is C25H29F2N5O4. The van der Waals surface area contributed by atoms with E-state index >= 15 is 0 Å². The van der Waals surface area contributed by atoms with Crippen molar-refractivity contribution < 1.29 is 27.6 Å². The number of hydrogen-bond donors (Lipinski definition) is 2. The average Bonchev–Trinajstić information content (AvgIpc) is 3.38. The number of carbonyl (C=O) groups is 3. The summed E-state index contributed by atoms with van der Waals surface area (Å²) in [7, 11) is 0. The number of halogens is 2. The average molecular weight is 502 g/mol. The molecule has 1 aromatic heterocycles. The smallest absolute Gasteiger partial charge is 0.315 e. The van der Waals surface area contributed by atoms with Gasteiger partial charge in [0.1, 0.15) is 6.04 Å². The van der Waals surface area contributed by atoms with Gasteiger partial charge in [-0.15, -0.1) is 5.10 Å². The van der Waals surface area contributed by atoms with E-state index in [0.717, 1.165) is 12.8 Å². The molecule has 1 aliphatic heterocycles. The number of imide groups is 1. The van der Waals surface area contributed by atoms with Gasteiger partial charge in [0, 0.05) is 30.1 Å². The summed E-state index contributed by atoms with van der Waals surface area (Å²) in [5.41, 5.74) is 1.02. The number of hydrogen-bond acceptors (Lipinski definition) is 7. The zero-order valence-corrected chi connectivity index (χ0v) is 20.1. The lowest BCUT2D eigenvalue weighted by Crippen LogP contribution is -2.46. The Morgan fingerprint density at radius 2 is 2.08 bits per heavy atom. The molecule has 36 heavy (non-hydrogen) atoms. The molecule has 2 saturated carbocycles. The lowest BCUT2D eigenvalue weighted by atomic mass is 9.52. The molecule has 1 atom stereocenters. The second-order valence-corrected chi connectivity index (χ2v) is 10.1. The molecule has 0 bridgehead atoms. The Morgan fingerprint density at radius 1 is 1.31 bits per heavy atom. The molecule has 2 fully saturated rings. The first-order valence-corrected chi connectivity index (χ1v) is 12.4. The largest absolute Gasteiger partial charge is 0.408 e.